The number of hydrogen-bond acceptors (Lipinski definition) is 0. The van der Waals surface area contributed by atoms with E-state index < -0.39 is 0 Å². The van der Waals surface area contributed by atoms with Crippen molar-refractivity contribution in [1.82, 2.24) is 0 Å². The third-order valence-corrected chi connectivity index (χ3v) is 0. The molecule has 0 aliphatic heterocycles. The van der Waals surface area contributed by atoms with Crippen LogP contribution in [0.4, 0.5) is 0 Å². The van der Waals surface area contributed by atoms with Crippen molar-refractivity contribution in [3.8, 4) is 0 Å². The van der Waals surface area contributed by atoms with E-state index in [1.165, 1.54) is 0 Å². The first-order valence-electron chi connectivity index (χ1n) is 0. The first kappa shape index (κ1) is 22.6. The summed E-state index contributed by atoms with van der Waals surface area (Å²) >= 11 is 0. The summed E-state index contributed by atoms with van der Waals surface area (Å²) < 4.78 is 0. The molecule has 14 valence electrons. The van der Waals surface area contributed by atoms with Crippen molar-refractivity contribution in [2.75, 3.05) is 0 Å². The van der Waals surface area contributed by atoms with Gasteiger partial charge in [0.05, 0.1) is 0 Å². The Morgan fingerprint density at radius 3 is 0.500 bits per heavy atom. The molecule has 0 bridgehead atoms. The van der Waals surface area contributed by atoms with E-state index in [2.05, 4.69) is 0 Å². The average Bonchev–Trinajstić information content (AvgIpc) is 0. The second-order valence-electron chi connectivity index (χ2n) is 0. The van der Waals surface area contributed by atoms with Crippen molar-refractivity contribution in [3.63, 3.8) is 0 Å². The second-order valence-corrected chi connectivity index (χ2v) is 0. The molecule has 0 atom stereocenters. The summed E-state index contributed by atoms with van der Waals surface area (Å²) in [5.41, 5.74) is 0. The average molecular weight is 245 g/mol. The van der Waals surface area contributed by atoms with E-state index in [4.69, 9.17) is 0 Å². The van der Waals surface area contributed by atoms with E-state index >= 15 is 0 Å². The van der Waals surface area contributed by atoms with Crippen LogP contribution in [0.2, 0.25) is 0 Å². The van der Waals surface area contributed by atoms with Gasteiger partial charge in [0, 0.05) is 0 Å². The molecule has 0 aromatic heterocycles. The molecule has 0 nitrogen and oxygen atoms in total. The van der Waals surface area contributed by atoms with Crippen LogP contribution >= 0.6 is 0 Å². The molecule has 0 fully saturated rings. The van der Waals surface area contributed by atoms with Crippen LogP contribution in [-0.2, 0) is 0 Å². The monoisotopic (exact) mass is 244 g/mol. The molecule has 0 aromatic rings. The molecular formula is H6K3Sb. The van der Waals surface area contributed by atoms with Gasteiger partial charge in [-0.15, -0.1) is 0 Å². The van der Waals surface area contributed by atoms with Gasteiger partial charge in [0.25, 0.3) is 0 Å². The van der Waals surface area contributed by atoms with E-state index in [0.29, 0.717) is 0 Å². The maximum atomic E-state index is 0. The first-order valence-corrected chi connectivity index (χ1v) is 0. The molecule has 0 aromatic carbocycles. The van der Waals surface area contributed by atoms with Gasteiger partial charge in [-0.1, -0.05) is 0 Å². The first-order chi connectivity index (χ1) is 0. The van der Waals surface area contributed by atoms with Crippen LogP contribution in [0.1, 0.15) is 0 Å². The molecule has 4 heteroatoms. The molecule has 0 aliphatic rings. The van der Waals surface area contributed by atoms with Crippen LogP contribution in [0.3, 0.4) is 0 Å². The van der Waals surface area contributed by atoms with Gasteiger partial charge in [0.2, 0.25) is 0 Å². The Morgan fingerprint density at radius 1 is 0.500 bits per heavy atom. The Labute approximate surface area is 172 Å². The van der Waals surface area contributed by atoms with Gasteiger partial charge >= 0.3 is 179 Å². The second kappa shape index (κ2) is 15.9. The van der Waals surface area contributed by atoms with Crippen LogP contribution in [0.15, 0.2) is 0 Å². The topological polar surface area (TPSA) is 0 Å². The molecular weight excluding hydrogens is 239 g/mol. The molecule has 0 amide bonds. The summed E-state index contributed by atoms with van der Waals surface area (Å²) in [4.78, 5) is 0. The van der Waals surface area contributed by atoms with E-state index in [9.17, 15) is 0 Å². The minimum absolute atomic E-state index is 0. The van der Waals surface area contributed by atoms with Crippen LogP contribution < -0.4 is 154 Å². The summed E-state index contributed by atoms with van der Waals surface area (Å²) in [5.74, 6) is 0. The zero-order valence-corrected chi connectivity index (χ0v) is 12.4. The van der Waals surface area contributed by atoms with Gasteiger partial charge in [0.15, 0.2) is 0 Å². The fourth-order valence-electron chi connectivity index (χ4n) is 0. The van der Waals surface area contributed by atoms with Gasteiger partial charge in [-0.05, 0) is 0 Å². The third kappa shape index (κ3) is 10.7. The van der Waals surface area contributed by atoms with E-state index in [1.807, 2.05) is 0 Å². The predicted molar refractivity (Wildman–Crippen MR) is 14.1 cm³/mol. The summed E-state index contributed by atoms with van der Waals surface area (Å²) in [6, 6.07) is 0. The maximum absolute atomic E-state index is 0. The van der Waals surface area contributed by atoms with Crippen molar-refractivity contribution in [3.05, 3.63) is 0 Å². The van der Waals surface area contributed by atoms with Crippen LogP contribution in [0.5, 0.6) is 0 Å². The van der Waals surface area contributed by atoms with Gasteiger partial charge in [-0.2, -0.15) is 0 Å². The summed E-state index contributed by atoms with van der Waals surface area (Å²) in [7, 11) is 0. The molecule has 0 saturated carbocycles. The number of rotatable bonds is 0. The van der Waals surface area contributed by atoms with Crippen LogP contribution in [0, 0.1) is 0 Å². The third-order valence-electron chi connectivity index (χ3n) is 0. The van der Waals surface area contributed by atoms with Crippen molar-refractivity contribution in [2.45, 2.75) is 0 Å². The molecule has 0 saturated heterocycles. The standard InChI is InChI=1S/3K.Sb.6H/q3*+1;-3;;;;;;. The Hall–Kier alpha value is 5.73. The Balaban J connectivity index is 0. The molecule has 0 rings (SSSR count). The molecule has 0 spiro atoms. The molecule has 4 heavy (non-hydrogen) atoms. The molecule has 0 radical (unpaired) electrons. The van der Waals surface area contributed by atoms with Crippen molar-refractivity contribution in [2.24, 2.45) is 0 Å². The van der Waals surface area contributed by atoms with Gasteiger partial charge in [0.1, 0.15) is 0 Å². The van der Waals surface area contributed by atoms with E-state index in [0.717, 1.165) is 0 Å². The molecule has 0 aliphatic carbocycles. The summed E-state index contributed by atoms with van der Waals surface area (Å²) in [6.07, 6.45) is 0. The van der Waals surface area contributed by atoms with Gasteiger partial charge in [-0.3, -0.25) is 0 Å². The molecule has 0 heterocycles. The fourth-order valence-corrected chi connectivity index (χ4v) is 0. The quantitative estimate of drug-likeness (QED) is 0.372. The number of hydrogen-bond donors (Lipinski definition) is 0. The van der Waals surface area contributed by atoms with Crippen molar-refractivity contribution < 1.29 is 154 Å². The van der Waals surface area contributed by atoms with Gasteiger partial charge in [-0.25, -0.2) is 0 Å². The summed E-state index contributed by atoms with van der Waals surface area (Å²) in [5, 5.41) is 0. The molecule has 0 N–H and O–H groups in total. The Kier molecular flexibility index (Phi) is 89.7. The minimum atomic E-state index is 0. The SMILES string of the molecule is [K+].[K+].[K+].[SbH6-3]. The zero-order chi connectivity index (χ0) is 0. The normalized spacial score (nSPS) is 0. The predicted octanol–water partition coefficient (Wildman–Crippen LogP) is -11.0. The Morgan fingerprint density at radius 2 is 0.500 bits per heavy atom. The zero-order valence-electron chi connectivity index (χ0n) is 3.00. The fraction of sp³-hybridized carbons (Fsp3) is 0. The molecule has 0 unspecified atom stereocenters. The van der Waals surface area contributed by atoms with E-state index in [-0.39, 0.29) is 179 Å². The van der Waals surface area contributed by atoms with E-state index in [1.54, 1.807) is 0 Å². The van der Waals surface area contributed by atoms with Crippen LogP contribution in [-0.4, -0.2) is 24.4 Å². The van der Waals surface area contributed by atoms with Crippen molar-refractivity contribution in [1.29, 1.82) is 0 Å². The summed E-state index contributed by atoms with van der Waals surface area (Å²) in [6.45, 7) is 0. The van der Waals surface area contributed by atoms with Gasteiger partial charge < -0.3 is 0 Å². The van der Waals surface area contributed by atoms with Crippen LogP contribution in [0.25, 0.3) is 0 Å². The Bertz CT molecular complexity index is 3.25. The van der Waals surface area contributed by atoms with Crippen molar-refractivity contribution >= 4 is 24.4 Å².